The van der Waals surface area contributed by atoms with Gasteiger partial charge in [0.2, 0.25) is 0 Å². The molecule has 0 amide bonds. The third-order valence-corrected chi connectivity index (χ3v) is 2.97. The number of carbonyl (C=O) groups excluding carboxylic acids is 4. The Morgan fingerprint density at radius 2 is 1.25 bits per heavy atom. The molecule has 1 fully saturated rings. The van der Waals surface area contributed by atoms with Crippen molar-refractivity contribution < 1.29 is 48.0 Å². The van der Waals surface area contributed by atoms with E-state index in [-0.39, 0.29) is 6.61 Å². The van der Waals surface area contributed by atoms with Gasteiger partial charge in [0.1, 0.15) is 12.7 Å². The van der Waals surface area contributed by atoms with Crippen LogP contribution in [-0.2, 0) is 42.9 Å². The molecule has 0 aromatic carbocycles. The monoisotopic (exact) mass is 348 g/mol. The van der Waals surface area contributed by atoms with Crippen LogP contribution in [0.4, 0.5) is 0 Å². The molecule has 24 heavy (non-hydrogen) atoms. The molecule has 1 N–H and O–H groups in total. The Bertz CT molecular complexity index is 502. The van der Waals surface area contributed by atoms with Crippen molar-refractivity contribution in [3.8, 4) is 0 Å². The lowest BCUT2D eigenvalue weighted by Crippen LogP contribution is -2.62. The second-order valence-corrected chi connectivity index (χ2v) is 5.09. The average Bonchev–Trinajstić information content (AvgIpc) is 2.42. The molecule has 0 radical (unpaired) electrons. The molecule has 10 heteroatoms. The summed E-state index contributed by atoms with van der Waals surface area (Å²) in [7, 11) is 0. The van der Waals surface area contributed by atoms with E-state index in [2.05, 4.69) is 0 Å². The summed E-state index contributed by atoms with van der Waals surface area (Å²) in [6.45, 7) is 4.09. The summed E-state index contributed by atoms with van der Waals surface area (Å²) in [5.41, 5.74) is 0. The van der Waals surface area contributed by atoms with E-state index < -0.39 is 54.6 Å². The molecule has 0 saturated carbocycles. The minimum atomic E-state index is -1.68. The van der Waals surface area contributed by atoms with Crippen LogP contribution in [0.3, 0.4) is 0 Å². The largest absolute Gasteiger partial charge is 0.463 e. The summed E-state index contributed by atoms with van der Waals surface area (Å²) < 4.78 is 25.0. The Hall–Kier alpha value is -2.20. The second kappa shape index (κ2) is 8.60. The van der Waals surface area contributed by atoms with E-state index in [1.165, 1.54) is 0 Å². The lowest BCUT2D eigenvalue weighted by atomic mass is 9.98. The van der Waals surface area contributed by atoms with Crippen LogP contribution in [0, 0.1) is 0 Å². The summed E-state index contributed by atoms with van der Waals surface area (Å²) in [4.78, 5) is 44.9. The van der Waals surface area contributed by atoms with Crippen molar-refractivity contribution in [1.29, 1.82) is 0 Å². The number of esters is 4. The fourth-order valence-corrected chi connectivity index (χ4v) is 2.21. The van der Waals surface area contributed by atoms with Crippen molar-refractivity contribution in [2.45, 2.75) is 58.4 Å². The maximum Gasteiger partial charge on any atom is 0.303 e. The minimum absolute atomic E-state index is 0.366. The summed E-state index contributed by atoms with van der Waals surface area (Å²) in [5, 5.41) is 10.0. The summed E-state index contributed by atoms with van der Waals surface area (Å²) in [6, 6.07) is 0. The number of carbonyl (C=O) groups is 4. The molecule has 1 rings (SSSR count). The minimum Gasteiger partial charge on any atom is -0.463 e. The molecule has 5 atom stereocenters. The molecule has 2 unspecified atom stereocenters. The van der Waals surface area contributed by atoms with Crippen LogP contribution in [0.15, 0.2) is 0 Å². The molecule has 1 heterocycles. The molecular weight excluding hydrogens is 328 g/mol. The molecular formula is C14H20O10. The van der Waals surface area contributed by atoms with Crippen molar-refractivity contribution >= 4 is 23.9 Å². The Kier molecular flexibility index (Phi) is 7.11. The predicted octanol–water partition coefficient (Wildman–Crippen LogP) is -0.938. The van der Waals surface area contributed by atoms with Gasteiger partial charge in [-0.2, -0.15) is 0 Å². The van der Waals surface area contributed by atoms with Crippen molar-refractivity contribution in [1.82, 2.24) is 0 Å². The molecule has 136 valence electrons. The van der Waals surface area contributed by atoms with Gasteiger partial charge < -0.3 is 28.8 Å². The summed E-state index contributed by atoms with van der Waals surface area (Å²) in [6.07, 6.45) is -6.79. The molecule has 1 aliphatic heterocycles. The number of hydrogen-bond donors (Lipinski definition) is 1. The molecule has 0 bridgehead atoms. The maximum absolute atomic E-state index is 11.3. The molecule has 1 saturated heterocycles. The quantitative estimate of drug-likeness (QED) is 0.490. The van der Waals surface area contributed by atoms with Crippen LogP contribution in [0.25, 0.3) is 0 Å². The van der Waals surface area contributed by atoms with Crippen LogP contribution in [0.2, 0.25) is 0 Å². The Morgan fingerprint density at radius 1 is 0.792 bits per heavy atom. The van der Waals surface area contributed by atoms with Crippen molar-refractivity contribution in [2.24, 2.45) is 0 Å². The lowest BCUT2D eigenvalue weighted by Gasteiger charge is -2.42. The molecule has 10 nitrogen and oxygen atoms in total. The average molecular weight is 348 g/mol. The first-order chi connectivity index (χ1) is 11.1. The molecule has 0 aromatic rings. The molecule has 0 aromatic heterocycles. The van der Waals surface area contributed by atoms with Gasteiger partial charge in [-0.25, -0.2) is 0 Å². The maximum atomic E-state index is 11.3. The Morgan fingerprint density at radius 3 is 1.71 bits per heavy atom. The highest BCUT2D eigenvalue weighted by Gasteiger charge is 2.51. The third-order valence-electron chi connectivity index (χ3n) is 2.97. The smallest absolute Gasteiger partial charge is 0.303 e. The number of aliphatic hydroxyl groups excluding tert-OH is 1. The highest BCUT2D eigenvalue weighted by molar-refractivity contribution is 5.68. The van der Waals surface area contributed by atoms with Crippen LogP contribution in [0.1, 0.15) is 27.7 Å². The zero-order valence-corrected chi connectivity index (χ0v) is 13.7. The Labute approximate surface area is 137 Å². The molecule has 0 spiro atoms. The van der Waals surface area contributed by atoms with Gasteiger partial charge in [-0.3, -0.25) is 19.2 Å². The van der Waals surface area contributed by atoms with E-state index in [1.54, 1.807) is 0 Å². The van der Waals surface area contributed by atoms with Gasteiger partial charge in [0.05, 0.1) is 0 Å². The van der Waals surface area contributed by atoms with Crippen molar-refractivity contribution in [3.05, 3.63) is 0 Å². The topological polar surface area (TPSA) is 135 Å². The normalized spacial score (nSPS) is 29.3. The van der Waals surface area contributed by atoms with E-state index in [0.29, 0.717) is 0 Å². The van der Waals surface area contributed by atoms with Gasteiger partial charge in [0.15, 0.2) is 24.6 Å². The lowest BCUT2D eigenvalue weighted by molar-refractivity contribution is -0.296. The molecule has 0 aliphatic carbocycles. The first-order valence-electron chi connectivity index (χ1n) is 7.10. The van der Waals surface area contributed by atoms with E-state index >= 15 is 0 Å². The fourth-order valence-electron chi connectivity index (χ4n) is 2.21. The first-order valence-corrected chi connectivity index (χ1v) is 7.10. The van der Waals surface area contributed by atoms with Gasteiger partial charge in [0.25, 0.3) is 0 Å². The highest BCUT2D eigenvalue weighted by atomic mass is 16.7. The third kappa shape index (κ3) is 5.78. The van der Waals surface area contributed by atoms with Gasteiger partial charge in [-0.05, 0) is 0 Å². The molecule has 1 aliphatic rings. The van der Waals surface area contributed by atoms with Crippen molar-refractivity contribution in [3.63, 3.8) is 0 Å². The predicted molar refractivity (Wildman–Crippen MR) is 74.2 cm³/mol. The van der Waals surface area contributed by atoms with E-state index in [4.69, 9.17) is 23.7 Å². The standard InChI is InChI=1S/C14H20O10/c1-6(15)20-5-10-11(21-7(2)16)12(22-8(3)17)13(14(19)24-10)23-9(4)18/h10-14,19H,5H2,1-4H3/t10-,11?,12+,13-,14?/m1/s1. The van der Waals surface area contributed by atoms with Crippen LogP contribution in [0.5, 0.6) is 0 Å². The number of rotatable bonds is 5. The SMILES string of the molecule is CC(=O)OC[C@H]1OC(O)[C@H](OC(C)=O)[C@@H](OC(C)=O)C1OC(C)=O. The summed E-state index contributed by atoms with van der Waals surface area (Å²) in [5.74, 6) is -2.87. The fraction of sp³-hybridized carbons (Fsp3) is 0.714. The number of aliphatic hydroxyl groups is 1. The van der Waals surface area contributed by atoms with Crippen LogP contribution in [-0.4, -0.2) is 66.3 Å². The first kappa shape index (κ1) is 19.8. The van der Waals surface area contributed by atoms with Gasteiger partial charge in [-0.1, -0.05) is 0 Å². The van der Waals surface area contributed by atoms with E-state index in [9.17, 15) is 24.3 Å². The zero-order chi connectivity index (χ0) is 18.4. The Balaban J connectivity index is 3.11. The van der Waals surface area contributed by atoms with Gasteiger partial charge in [-0.15, -0.1) is 0 Å². The zero-order valence-electron chi connectivity index (χ0n) is 13.7. The summed E-state index contributed by atoms with van der Waals surface area (Å²) >= 11 is 0. The van der Waals surface area contributed by atoms with E-state index in [1.807, 2.05) is 0 Å². The number of ether oxygens (including phenoxy) is 5. The van der Waals surface area contributed by atoms with Crippen LogP contribution >= 0.6 is 0 Å². The van der Waals surface area contributed by atoms with Crippen LogP contribution < -0.4 is 0 Å². The van der Waals surface area contributed by atoms with Gasteiger partial charge >= 0.3 is 23.9 Å². The van der Waals surface area contributed by atoms with Gasteiger partial charge in [0, 0.05) is 27.7 Å². The highest BCUT2D eigenvalue weighted by Crippen LogP contribution is 2.28. The second-order valence-electron chi connectivity index (χ2n) is 5.09. The van der Waals surface area contributed by atoms with Crippen molar-refractivity contribution in [2.75, 3.05) is 6.61 Å². The van der Waals surface area contributed by atoms with E-state index in [0.717, 1.165) is 27.7 Å². The number of hydrogen-bond acceptors (Lipinski definition) is 10.